The van der Waals surface area contributed by atoms with Crippen LogP contribution in [0.3, 0.4) is 0 Å². The van der Waals surface area contributed by atoms with E-state index in [0.717, 1.165) is 0 Å². The van der Waals surface area contributed by atoms with Crippen LogP contribution in [0.5, 0.6) is 0 Å². The molecule has 0 amide bonds. The third kappa shape index (κ3) is 3.86. The second-order valence-electron chi connectivity index (χ2n) is 4.25. The van der Waals surface area contributed by atoms with Gasteiger partial charge in [0.15, 0.2) is 0 Å². The average molecular weight is 281 g/mol. The van der Waals surface area contributed by atoms with Crippen LogP contribution in [0.4, 0.5) is 8.78 Å². The SMILES string of the molecule is O=C(Cc1ccc(F)cc1)Cc1cc(Cl)ccc1F. The standard InChI is InChI=1S/C15H11ClF2O/c16-12-3-6-15(18)11(8-12)9-14(19)7-10-1-4-13(17)5-2-10/h1-6,8H,7,9H2. The van der Waals surface area contributed by atoms with Gasteiger partial charge < -0.3 is 0 Å². The van der Waals surface area contributed by atoms with Crippen LogP contribution in [0.25, 0.3) is 0 Å². The second-order valence-corrected chi connectivity index (χ2v) is 4.69. The van der Waals surface area contributed by atoms with Crippen LogP contribution in [0.1, 0.15) is 11.1 Å². The summed E-state index contributed by atoms with van der Waals surface area (Å²) in [5.74, 6) is -0.943. The molecule has 98 valence electrons. The predicted molar refractivity (Wildman–Crippen MR) is 70.2 cm³/mol. The number of rotatable bonds is 4. The Bertz CT molecular complexity index is 594. The third-order valence-electron chi connectivity index (χ3n) is 2.71. The number of ketones is 1. The van der Waals surface area contributed by atoms with Crippen molar-refractivity contribution in [3.8, 4) is 0 Å². The number of Topliss-reactive ketones (excluding diaryl/α,β-unsaturated/α-hetero) is 1. The smallest absolute Gasteiger partial charge is 0.141 e. The minimum Gasteiger partial charge on any atom is -0.299 e. The lowest BCUT2D eigenvalue weighted by Gasteiger charge is -2.04. The molecule has 2 aromatic carbocycles. The molecule has 19 heavy (non-hydrogen) atoms. The Kier molecular flexibility index (Phi) is 4.27. The fourth-order valence-corrected chi connectivity index (χ4v) is 1.98. The van der Waals surface area contributed by atoms with Crippen molar-refractivity contribution in [1.82, 2.24) is 0 Å². The fourth-order valence-electron chi connectivity index (χ4n) is 1.78. The summed E-state index contributed by atoms with van der Waals surface area (Å²) in [5.41, 5.74) is 0.980. The maximum atomic E-state index is 13.5. The summed E-state index contributed by atoms with van der Waals surface area (Å²) in [6.45, 7) is 0. The number of halogens is 3. The first kappa shape index (κ1) is 13.7. The van der Waals surface area contributed by atoms with Gasteiger partial charge in [0, 0.05) is 17.9 Å². The Hall–Kier alpha value is -1.74. The van der Waals surface area contributed by atoms with Crippen molar-refractivity contribution in [3.05, 3.63) is 70.2 Å². The van der Waals surface area contributed by atoms with Gasteiger partial charge in [-0.15, -0.1) is 0 Å². The number of hydrogen-bond acceptors (Lipinski definition) is 1. The monoisotopic (exact) mass is 280 g/mol. The largest absolute Gasteiger partial charge is 0.299 e. The van der Waals surface area contributed by atoms with Gasteiger partial charge in [-0.1, -0.05) is 23.7 Å². The summed E-state index contributed by atoms with van der Waals surface area (Å²) in [6.07, 6.45) is 0.121. The lowest BCUT2D eigenvalue weighted by molar-refractivity contribution is -0.117. The highest BCUT2D eigenvalue weighted by molar-refractivity contribution is 6.30. The van der Waals surface area contributed by atoms with Crippen LogP contribution in [-0.4, -0.2) is 5.78 Å². The van der Waals surface area contributed by atoms with Crippen molar-refractivity contribution >= 4 is 17.4 Å². The number of benzene rings is 2. The fraction of sp³-hybridized carbons (Fsp3) is 0.133. The molecule has 0 aliphatic carbocycles. The van der Waals surface area contributed by atoms with E-state index in [-0.39, 0.29) is 30.0 Å². The molecule has 0 aromatic heterocycles. The predicted octanol–water partition coefficient (Wildman–Crippen LogP) is 3.97. The van der Waals surface area contributed by atoms with Crippen molar-refractivity contribution in [1.29, 1.82) is 0 Å². The summed E-state index contributed by atoms with van der Waals surface area (Å²) >= 11 is 5.76. The van der Waals surface area contributed by atoms with Crippen LogP contribution in [-0.2, 0) is 17.6 Å². The third-order valence-corrected chi connectivity index (χ3v) is 2.95. The van der Waals surface area contributed by atoms with E-state index in [1.54, 1.807) is 12.1 Å². The lowest BCUT2D eigenvalue weighted by atomic mass is 10.0. The Balaban J connectivity index is 2.05. The minimum absolute atomic E-state index is 0.0240. The van der Waals surface area contributed by atoms with Gasteiger partial charge in [-0.2, -0.15) is 0 Å². The molecule has 0 saturated carbocycles. The van der Waals surface area contributed by atoms with E-state index in [1.807, 2.05) is 0 Å². The molecule has 0 spiro atoms. The first-order valence-electron chi connectivity index (χ1n) is 5.74. The molecule has 0 aliphatic rings. The first-order chi connectivity index (χ1) is 9.04. The van der Waals surface area contributed by atoms with Crippen LogP contribution >= 0.6 is 11.6 Å². The van der Waals surface area contributed by atoms with E-state index < -0.39 is 5.82 Å². The molecule has 0 aliphatic heterocycles. The zero-order chi connectivity index (χ0) is 13.8. The zero-order valence-electron chi connectivity index (χ0n) is 10.00. The molecule has 1 nitrogen and oxygen atoms in total. The number of hydrogen-bond donors (Lipinski definition) is 0. The van der Waals surface area contributed by atoms with Crippen molar-refractivity contribution in [3.63, 3.8) is 0 Å². The van der Waals surface area contributed by atoms with E-state index >= 15 is 0 Å². The van der Waals surface area contributed by atoms with Gasteiger partial charge in [0.2, 0.25) is 0 Å². The summed E-state index contributed by atoms with van der Waals surface area (Å²) in [7, 11) is 0. The van der Waals surface area contributed by atoms with Crippen molar-refractivity contribution < 1.29 is 13.6 Å². The highest BCUT2D eigenvalue weighted by atomic mass is 35.5. The van der Waals surface area contributed by atoms with Crippen LogP contribution in [0.15, 0.2) is 42.5 Å². The molecule has 2 aromatic rings. The zero-order valence-corrected chi connectivity index (χ0v) is 10.8. The van der Waals surface area contributed by atoms with Gasteiger partial charge in [-0.25, -0.2) is 8.78 Å². The Morgan fingerprint density at radius 1 is 1.00 bits per heavy atom. The molecule has 0 bridgehead atoms. The van der Waals surface area contributed by atoms with Gasteiger partial charge in [-0.05, 0) is 41.5 Å². The molecule has 2 rings (SSSR count). The van der Waals surface area contributed by atoms with Gasteiger partial charge in [0.25, 0.3) is 0 Å². The van der Waals surface area contributed by atoms with E-state index in [9.17, 15) is 13.6 Å². The van der Waals surface area contributed by atoms with Crippen molar-refractivity contribution in [2.45, 2.75) is 12.8 Å². The van der Waals surface area contributed by atoms with Crippen LogP contribution < -0.4 is 0 Å². The minimum atomic E-state index is -0.447. The van der Waals surface area contributed by atoms with E-state index in [4.69, 9.17) is 11.6 Å². The Morgan fingerprint density at radius 2 is 1.68 bits per heavy atom. The van der Waals surface area contributed by atoms with Crippen LogP contribution in [0, 0.1) is 11.6 Å². The number of carbonyl (C=O) groups excluding carboxylic acids is 1. The van der Waals surface area contributed by atoms with Gasteiger partial charge in [-0.3, -0.25) is 4.79 Å². The Morgan fingerprint density at radius 3 is 2.37 bits per heavy atom. The van der Waals surface area contributed by atoms with Crippen LogP contribution in [0.2, 0.25) is 5.02 Å². The molecule has 0 N–H and O–H groups in total. The lowest BCUT2D eigenvalue weighted by Crippen LogP contribution is -2.08. The van der Waals surface area contributed by atoms with Crippen molar-refractivity contribution in [2.24, 2.45) is 0 Å². The maximum absolute atomic E-state index is 13.5. The molecule has 0 heterocycles. The van der Waals surface area contributed by atoms with Gasteiger partial charge in [0.1, 0.15) is 17.4 Å². The molecule has 4 heteroatoms. The molecule has 0 saturated heterocycles. The molecule has 0 fully saturated rings. The van der Waals surface area contributed by atoms with E-state index in [1.165, 1.54) is 30.3 Å². The highest BCUT2D eigenvalue weighted by Gasteiger charge is 2.10. The second kappa shape index (κ2) is 5.93. The molecular formula is C15H11ClF2O. The van der Waals surface area contributed by atoms with Gasteiger partial charge >= 0.3 is 0 Å². The summed E-state index contributed by atoms with van der Waals surface area (Å²) in [5, 5.41) is 0.394. The summed E-state index contributed by atoms with van der Waals surface area (Å²) in [6, 6.07) is 9.79. The topological polar surface area (TPSA) is 17.1 Å². The Labute approximate surface area is 114 Å². The van der Waals surface area contributed by atoms with Gasteiger partial charge in [0.05, 0.1) is 0 Å². The normalized spacial score (nSPS) is 10.5. The molecule has 0 atom stereocenters. The number of carbonyl (C=O) groups is 1. The highest BCUT2D eigenvalue weighted by Crippen LogP contribution is 2.16. The van der Waals surface area contributed by atoms with E-state index in [2.05, 4.69) is 0 Å². The van der Waals surface area contributed by atoms with E-state index in [0.29, 0.717) is 10.6 Å². The average Bonchev–Trinajstić information content (AvgIpc) is 2.37. The van der Waals surface area contributed by atoms with Crippen molar-refractivity contribution in [2.75, 3.05) is 0 Å². The first-order valence-corrected chi connectivity index (χ1v) is 6.12. The maximum Gasteiger partial charge on any atom is 0.141 e. The molecular weight excluding hydrogens is 270 g/mol. The molecule has 0 unspecified atom stereocenters. The summed E-state index contributed by atoms with van der Waals surface area (Å²) in [4.78, 5) is 11.8. The summed E-state index contributed by atoms with van der Waals surface area (Å²) < 4.78 is 26.2. The molecule has 0 radical (unpaired) electrons. The quantitative estimate of drug-likeness (QED) is 0.828.